The zero-order chi connectivity index (χ0) is 16.3. The van der Waals surface area contributed by atoms with E-state index < -0.39 is 22.0 Å². The van der Waals surface area contributed by atoms with Gasteiger partial charge in [-0.05, 0) is 41.8 Å². The third kappa shape index (κ3) is 3.22. The SMILES string of the molecule is CC[C@H](C(=O)O)[S@@](=O)Cc1nnnn1-c1c(C)cccc1C. The lowest BCUT2D eigenvalue weighted by Gasteiger charge is -2.12. The summed E-state index contributed by atoms with van der Waals surface area (Å²) < 4.78 is 13.8. The largest absolute Gasteiger partial charge is 0.480 e. The number of benzene rings is 1. The molecule has 0 bridgehead atoms. The summed E-state index contributed by atoms with van der Waals surface area (Å²) >= 11 is 0. The molecule has 0 radical (unpaired) electrons. The third-order valence-electron chi connectivity index (χ3n) is 3.42. The molecule has 0 aliphatic heterocycles. The van der Waals surface area contributed by atoms with Gasteiger partial charge in [0, 0.05) is 10.8 Å². The van der Waals surface area contributed by atoms with Crippen LogP contribution in [0.25, 0.3) is 5.69 Å². The second-order valence-corrected chi connectivity index (χ2v) is 6.63. The summed E-state index contributed by atoms with van der Waals surface area (Å²) in [7, 11) is -1.58. The van der Waals surface area contributed by atoms with E-state index in [1.165, 1.54) is 4.68 Å². The smallest absolute Gasteiger partial charge is 0.319 e. The Morgan fingerprint density at radius 1 is 1.36 bits per heavy atom. The van der Waals surface area contributed by atoms with Crippen molar-refractivity contribution in [2.45, 2.75) is 38.2 Å². The number of hydrogen-bond donors (Lipinski definition) is 1. The average molecular weight is 322 g/mol. The fourth-order valence-corrected chi connectivity index (χ4v) is 3.54. The standard InChI is InChI=1S/C14H18N4O3S/c1-4-11(14(19)20)22(21)8-12-15-16-17-18(12)13-9(2)6-5-7-10(13)3/h5-7,11H,4,8H2,1-3H3,(H,19,20)/t11-,22+/m1/s1. The van der Waals surface area contributed by atoms with E-state index in [0.717, 1.165) is 16.8 Å². The van der Waals surface area contributed by atoms with E-state index in [9.17, 15) is 9.00 Å². The second kappa shape index (κ2) is 6.78. The number of carbonyl (C=O) groups is 1. The molecule has 0 saturated carbocycles. The molecule has 0 aliphatic carbocycles. The summed E-state index contributed by atoms with van der Waals surface area (Å²) in [4.78, 5) is 11.1. The van der Waals surface area contributed by atoms with Crippen LogP contribution in [0, 0.1) is 13.8 Å². The molecular formula is C14H18N4O3S. The van der Waals surface area contributed by atoms with Crippen LogP contribution in [0.1, 0.15) is 30.3 Å². The molecule has 1 N–H and O–H groups in total. The van der Waals surface area contributed by atoms with Crippen molar-refractivity contribution in [1.82, 2.24) is 20.2 Å². The summed E-state index contributed by atoms with van der Waals surface area (Å²) in [5.74, 6) is -0.659. The maximum atomic E-state index is 12.3. The highest BCUT2D eigenvalue weighted by Gasteiger charge is 2.25. The van der Waals surface area contributed by atoms with Crippen LogP contribution in [0.4, 0.5) is 0 Å². The molecule has 0 saturated heterocycles. The van der Waals surface area contributed by atoms with E-state index in [1.807, 2.05) is 32.0 Å². The van der Waals surface area contributed by atoms with E-state index in [4.69, 9.17) is 5.11 Å². The summed E-state index contributed by atoms with van der Waals surface area (Å²) in [6.45, 7) is 5.58. The molecule has 0 amide bonds. The van der Waals surface area contributed by atoms with Crippen molar-refractivity contribution >= 4 is 16.8 Å². The predicted octanol–water partition coefficient (Wildman–Crippen LogP) is 1.39. The van der Waals surface area contributed by atoms with Gasteiger partial charge in [-0.2, -0.15) is 4.68 Å². The minimum absolute atomic E-state index is 0.00554. The van der Waals surface area contributed by atoms with Crippen molar-refractivity contribution in [2.75, 3.05) is 0 Å². The minimum Gasteiger partial charge on any atom is -0.480 e. The first-order valence-corrected chi connectivity index (χ1v) is 8.27. The normalized spacial score (nSPS) is 13.8. The topological polar surface area (TPSA) is 98.0 Å². The van der Waals surface area contributed by atoms with Crippen LogP contribution in [0.3, 0.4) is 0 Å². The molecule has 1 aromatic heterocycles. The Balaban J connectivity index is 2.35. The van der Waals surface area contributed by atoms with Crippen LogP contribution in [0.2, 0.25) is 0 Å². The molecule has 0 fully saturated rings. The van der Waals surface area contributed by atoms with Gasteiger partial charge in [0.15, 0.2) is 5.82 Å². The van der Waals surface area contributed by atoms with Crippen LogP contribution in [0.15, 0.2) is 18.2 Å². The van der Waals surface area contributed by atoms with Crippen molar-refractivity contribution < 1.29 is 14.1 Å². The molecule has 0 unspecified atom stereocenters. The van der Waals surface area contributed by atoms with Gasteiger partial charge in [0.2, 0.25) is 0 Å². The fourth-order valence-electron chi connectivity index (χ4n) is 2.31. The van der Waals surface area contributed by atoms with Gasteiger partial charge < -0.3 is 5.11 Å². The number of carboxylic acids is 1. The van der Waals surface area contributed by atoms with Gasteiger partial charge in [-0.25, -0.2) is 0 Å². The van der Waals surface area contributed by atoms with E-state index in [0.29, 0.717) is 12.2 Å². The first kappa shape index (κ1) is 16.3. The van der Waals surface area contributed by atoms with Gasteiger partial charge in [0.05, 0.1) is 11.4 Å². The highest BCUT2D eigenvalue weighted by Crippen LogP contribution is 2.19. The Kier molecular flexibility index (Phi) is 5.02. The number of hydrogen-bond acceptors (Lipinski definition) is 5. The van der Waals surface area contributed by atoms with Crippen LogP contribution >= 0.6 is 0 Å². The number of tetrazole rings is 1. The Morgan fingerprint density at radius 2 is 2.00 bits per heavy atom. The Hall–Kier alpha value is -2.09. The van der Waals surface area contributed by atoms with Gasteiger partial charge in [-0.1, -0.05) is 25.1 Å². The number of aryl methyl sites for hydroxylation is 2. The van der Waals surface area contributed by atoms with Crippen LogP contribution in [-0.2, 0) is 21.3 Å². The lowest BCUT2D eigenvalue weighted by molar-refractivity contribution is -0.136. The predicted molar refractivity (Wildman–Crippen MR) is 82.2 cm³/mol. The molecule has 2 aromatic rings. The van der Waals surface area contributed by atoms with Crippen molar-refractivity contribution in [2.24, 2.45) is 0 Å². The van der Waals surface area contributed by atoms with E-state index in [-0.39, 0.29) is 5.75 Å². The van der Waals surface area contributed by atoms with E-state index >= 15 is 0 Å². The lowest BCUT2D eigenvalue weighted by Crippen LogP contribution is -2.26. The number of nitrogens with zero attached hydrogens (tertiary/aromatic N) is 4. The maximum absolute atomic E-state index is 12.3. The molecule has 8 heteroatoms. The van der Waals surface area contributed by atoms with Crippen LogP contribution in [-0.4, -0.2) is 40.7 Å². The Bertz CT molecular complexity index is 694. The van der Waals surface area contributed by atoms with Gasteiger partial charge in [0.25, 0.3) is 0 Å². The van der Waals surface area contributed by atoms with Crippen molar-refractivity contribution in [3.05, 3.63) is 35.2 Å². The third-order valence-corrected chi connectivity index (χ3v) is 5.13. The summed E-state index contributed by atoms with van der Waals surface area (Å²) in [6, 6.07) is 5.82. The molecule has 1 heterocycles. The first-order valence-electron chi connectivity index (χ1n) is 6.89. The summed E-state index contributed by atoms with van der Waals surface area (Å²) in [5, 5.41) is 19.7. The van der Waals surface area contributed by atoms with E-state index in [1.54, 1.807) is 6.92 Å². The van der Waals surface area contributed by atoms with Gasteiger partial charge in [-0.15, -0.1) is 5.10 Å². The lowest BCUT2D eigenvalue weighted by atomic mass is 10.1. The quantitative estimate of drug-likeness (QED) is 0.863. The van der Waals surface area contributed by atoms with Crippen LogP contribution < -0.4 is 0 Å². The minimum atomic E-state index is -1.58. The number of para-hydroxylation sites is 1. The summed E-state index contributed by atoms with van der Waals surface area (Å²) in [5.41, 5.74) is 2.82. The highest BCUT2D eigenvalue weighted by atomic mass is 32.2. The molecule has 1 aromatic carbocycles. The van der Waals surface area contributed by atoms with Crippen molar-refractivity contribution in [3.63, 3.8) is 0 Å². The van der Waals surface area contributed by atoms with E-state index in [2.05, 4.69) is 15.5 Å². The molecule has 0 spiro atoms. The van der Waals surface area contributed by atoms with Crippen molar-refractivity contribution in [3.8, 4) is 5.69 Å². The zero-order valence-electron chi connectivity index (χ0n) is 12.7. The molecule has 7 nitrogen and oxygen atoms in total. The number of aromatic nitrogens is 4. The van der Waals surface area contributed by atoms with Gasteiger partial charge in [-0.3, -0.25) is 9.00 Å². The van der Waals surface area contributed by atoms with Gasteiger partial charge >= 0.3 is 5.97 Å². The monoisotopic (exact) mass is 322 g/mol. The number of carboxylic acid groups (broad SMARTS) is 1. The molecular weight excluding hydrogens is 304 g/mol. The first-order chi connectivity index (χ1) is 10.5. The summed E-state index contributed by atoms with van der Waals surface area (Å²) in [6.07, 6.45) is 0.299. The number of rotatable bonds is 6. The maximum Gasteiger partial charge on any atom is 0.319 e. The van der Waals surface area contributed by atoms with Gasteiger partial charge in [0.1, 0.15) is 5.25 Å². The molecule has 22 heavy (non-hydrogen) atoms. The molecule has 2 rings (SSSR count). The fraction of sp³-hybridized carbons (Fsp3) is 0.429. The van der Waals surface area contributed by atoms with Crippen LogP contribution in [0.5, 0.6) is 0 Å². The average Bonchev–Trinajstić information content (AvgIpc) is 2.87. The Labute approximate surface area is 130 Å². The molecule has 0 aliphatic rings. The zero-order valence-corrected chi connectivity index (χ0v) is 13.5. The number of aliphatic carboxylic acids is 1. The van der Waals surface area contributed by atoms with Crippen molar-refractivity contribution in [1.29, 1.82) is 0 Å². The molecule has 118 valence electrons. The second-order valence-electron chi connectivity index (χ2n) is 5.01. The highest BCUT2D eigenvalue weighted by molar-refractivity contribution is 7.85. The molecule has 2 atom stereocenters. The Morgan fingerprint density at radius 3 is 2.55 bits per heavy atom.